The van der Waals surface area contributed by atoms with Crippen molar-refractivity contribution in [2.45, 2.75) is 27.2 Å². The molecule has 27 heavy (non-hydrogen) atoms. The molecule has 0 fully saturated rings. The second-order valence-corrected chi connectivity index (χ2v) is 6.11. The number of fused-ring (bicyclic) bond motifs is 1. The summed E-state index contributed by atoms with van der Waals surface area (Å²) in [6, 6.07) is 14.0. The van der Waals surface area contributed by atoms with Crippen LogP contribution >= 0.6 is 0 Å². The van der Waals surface area contributed by atoms with Crippen LogP contribution in [0.25, 0.3) is 22.5 Å². The number of aromatic nitrogens is 1. The van der Waals surface area contributed by atoms with Gasteiger partial charge in [0, 0.05) is 17.3 Å². The summed E-state index contributed by atoms with van der Waals surface area (Å²) in [5.74, 6) is -0.419. The van der Waals surface area contributed by atoms with Crippen molar-refractivity contribution in [2.24, 2.45) is 5.10 Å². The molecule has 0 N–H and O–H groups in total. The first-order valence-electron chi connectivity index (χ1n) is 8.97. The number of hydrazone groups is 1. The third kappa shape index (κ3) is 3.40. The second-order valence-electron chi connectivity index (χ2n) is 6.11. The lowest BCUT2D eigenvalue weighted by atomic mass is 9.95. The Morgan fingerprint density at radius 1 is 1.22 bits per heavy atom. The topological polar surface area (TPSA) is 54.8 Å². The monoisotopic (exact) mass is 361 g/mol. The molecule has 0 aliphatic carbocycles. The molecular weight excluding hydrogens is 338 g/mol. The van der Waals surface area contributed by atoms with Gasteiger partial charge in [-0.15, -0.1) is 0 Å². The average Bonchev–Trinajstić information content (AvgIpc) is 2.71. The molecule has 3 rings (SSSR count). The van der Waals surface area contributed by atoms with Crippen molar-refractivity contribution in [2.75, 3.05) is 7.11 Å². The Morgan fingerprint density at radius 3 is 2.59 bits per heavy atom. The number of methoxy groups -OCH3 is 1. The number of esters is 1. The average molecular weight is 361 g/mol. The maximum absolute atomic E-state index is 12.5. The highest BCUT2D eigenvalue weighted by Gasteiger charge is 2.32. The standard InChI is InChI=1S/C22H23N3O2/c1-5-10-19-20-17(13-14-18(24-20)16-11-8-7-9-12-16)15(3)21(22(26)27-4)25(19)23-6-2/h6-14H,5H2,1-4H3/b19-10+,23-6-. The summed E-state index contributed by atoms with van der Waals surface area (Å²) in [6.45, 7) is 5.76. The largest absolute Gasteiger partial charge is 0.464 e. The smallest absolute Gasteiger partial charge is 0.357 e. The SMILES string of the molecule is C/C=N\N1C(C(=O)OC)=C(C)c2ccc(-c3ccccc3)nc2/C1=C\CC. The van der Waals surface area contributed by atoms with Crippen LogP contribution in [0.15, 0.2) is 59.3 Å². The molecule has 2 aromatic rings. The van der Waals surface area contributed by atoms with Crippen LogP contribution in [0.1, 0.15) is 38.4 Å². The van der Waals surface area contributed by atoms with Gasteiger partial charge in [-0.25, -0.2) is 14.8 Å². The highest BCUT2D eigenvalue weighted by Crippen LogP contribution is 2.39. The number of benzene rings is 1. The predicted molar refractivity (Wildman–Crippen MR) is 109 cm³/mol. The Bertz CT molecular complexity index is 943. The minimum Gasteiger partial charge on any atom is -0.464 e. The Labute approximate surface area is 159 Å². The number of ether oxygens (including phenoxy) is 1. The van der Waals surface area contributed by atoms with Crippen LogP contribution in [0, 0.1) is 0 Å². The molecule has 1 aliphatic heterocycles. The van der Waals surface area contributed by atoms with E-state index in [9.17, 15) is 4.79 Å². The van der Waals surface area contributed by atoms with E-state index in [0.717, 1.165) is 40.2 Å². The molecule has 0 bridgehead atoms. The van der Waals surface area contributed by atoms with Gasteiger partial charge >= 0.3 is 5.97 Å². The van der Waals surface area contributed by atoms with E-state index in [1.807, 2.05) is 69.3 Å². The first kappa shape index (κ1) is 18.6. The minimum absolute atomic E-state index is 0.414. The maximum Gasteiger partial charge on any atom is 0.357 e. The molecule has 0 unspecified atom stereocenters. The summed E-state index contributed by atoms with van der Waals surface area (Å²) in [4.78, 5) is 17.4. The number of pyridine rings is 1. The van der Waals surface area contributed by atoms with Crippen LogP contribution in [0.5, 0.6) is 0 Å². The van der Waals surface area contributed by atoms with E-state index in [0.29, 0.717) is 5.70 Å². The minimum atomic E-state index is -0.419. The molecule has 5 nitrogen and oxygen atoms in total. The fourth-order valence-corrected chi connectivity index (χ4v) is 3.18. The highest BCUT2D eigenvalue weighted by atomic mass is 16.5. The molecule has 2 heterocycles. The van der Waals surface area contributed by atoms with E-state index in [2.05, 4.69) is 5.10 Å². The molecule has 1 aromatic carbocycles. The summed E-state index contributed by atoms with van der Waals surface area (Å²) < 4.78 is 5.01. The van der Waals surface area contributed by atoms with E-state index >= 15 is 0 Å². The van der Waals surface area contributed by atoms with Gasteiger partial charge in [0.25, 0.3) is 0 Å². The van der Waals surface area contributed by atoms with Gasteiger partial charge in [-0.1, -0.05) is 49.4 Å². The van der Waals surface area contributed by atoms with E-state index < -0.39 is 5.97 Å². The number of hydrogen-bond acceptors (Lipinski definition) is 5. The molecule has 0 radical (unpaired) electrons. The van der Waals surface area contributed by atoms with Crippen LogP contribution in [-0.2, 0) is 9.53 Å². The quantitative estimate of drug-likeness (QED) is 0.584. The fourth-order valence-electron chi connectivity index (χ4n) is 3.18. The zero-order valence-corrected chi connectivity index (χ0v) is 16.1. The van der Waals surface area contributed by atoms with Crippen molar-refractivity contribution >= 4 is 23.5 Å². The van der Waals surface area contributed by atoms with Gasteiger partial charge < -0.3 is 4.74 Å². The Hall–Kier alpha value is -3.21. The molecule has 5 heteroatoms. The van der Waals surface area contributed by atoms with E-state index in [4.69, 9.17) is 9.72 Å². The lowest BCUT2D eigenvalue weighted by Crippen LogP contribution is -2.28. The zero-order valence-electron chi connectivity index (χ0n) is 16.1. The number of carbonyl (C=O) groups is 1. The molecule has 0 saturated carbocycles. The summed E-state index contributed by atoms with van der Waals surface area (Å²) in [7, 11) is 1.38. The van der Waals surface area contributed by atoms with Crippen molar-refractivity contribution in [3.63, 3.8) is 0 Å². The van der Waals surface area contributed by atoms with Crippen molar-refractivity contribution in [1.29, 1.82) is 0 Å². The van der Waals surface area contributed by atoms with Crippen LogP contribution < -0.4 is 0 Å². The predicted octanol–water partition coefficient (Wildman–Crippen LogP) is 4.72. The number of carbonyl (C=O) groups excluding carboxylic acids is 1. The van der Waals surface area contributed by atoms with Crippen molar-refractivity contribution in [3.8, 4) is 11.3 Å². The molecule has 0 saturated heterocycles. The van der Waals surface area contributed by atoms with Gasteiger partial charge in [-0.3, -0.25) is 0 Å². The molecular formula is C22H23N3O2. The molecule has 1 aromatic heterocycles. The molecule has 138 valence electrons. The Balaban J connectivity index is 2.27. The second kappa shape index (κ2) is 7.99. The van der Waals surface area contributed by atoms with Gasteiger partial charge in [0.1, 0.15) is 0 Å². The van der Waals surface area contributed by atoms with Gasteiger partial charge in [-0.2, -0.15) is 5.10 Å². The summed E-state index contributed by atoms with van der Waals surface area (Å²) >= 11 is 0. The zero-order chi connectivity index (χ0) is 19.4. The van der Waals surface area contributed by atoms with Gasteiger partial charge in [0.2, 0.25) is 0 Å². The highest BCUT2D eigenvalue weighted by molar-refractivity contribution is 6.02. The van der Waals surface area contributed by atoms with Crippen LogP contribution in [0.4, 0.5) is 0 Å². The Morgan fingerprint density at radius 2 is 1.96 bits per heavy atom. The van der Waals surface area contributed by atoms with Crippen molar-refractivity contribution < 1.29 is 9.53 Å². The number of rotatable bonds is 4. The summed E-state index contributed by atoms with van der Waals surface area (Å²) in [6.07, 6.45) is 4.48. The fraction of sp³-hybridized carbons (Fsp3) is 0.227. The van der Waals surface area contributed by atoms with Crippen LogP contribution in [-0.4, -0.2) is 29.3 Å². The van der Waals surface area contributed by atoms with Gasteiger partial charge in [0.05, 0.1) is 24.2 Å². The number of nitrogens with zero attached hydrogens (tertiary/aromatic N) is 3. The van der Waals surface area contributed by atoms with E-state index in [1.165, 1.54) is 7.11 Å². The lowest BCUT2D eigenvalue weighted by Gasteiger charge is -2.31. The molecule has 0 amide bonds. The molecule has 0 spiro atoms. The number of hydrogen-bond donors (Lipinski definition) is 0. The summed E-state index contributed by atoms with van der Waals surface area (Å²) in [5.41, 5.74) is 5.65. The molecule has 0 atom stereocenters. The third-order valence-corrected chi connectivity index (χ3v) is 4.41. The maximum atomic E-state index is 12.5. The normalized spacial score (nSPS) is 15.4. The van der Waals surface area contributed by atoms with Crippen molar-refractivity contribution in [3.05, 3.63) is 65.5 Å². The van der Waals surface area contributed by atoms with Gasteiger partial charge in [0.15, 0.2) is 5.70 Å². The van der Waals surface area contributed by atoms with Crippen LogP contribution in [0.2, 0.25) is 0 Å². The Kier molecular flexibility index (Phi) is 5.50. The van der Waals surface area contributed by atoms with E-state index in [-0.39, 0.29) is 0 Å². The first-order valence-corrected chi connectivity index (χ1v) is 8.97. The third-order valence-electron chi connectivity index (χ3n) is 4.41. The molecule has 1 aliphatic rings. The van der Waals surface area contributed by atoms with Gasteiger partial charge in [-0.05, 0) is 31.9 Å². The van der Waals surface area contributed by atoms with E-state index in [1.54, 1.807) is 11.2 Å². The number of allylic oxidation sites excluding steroid dienone is 2. The lowest BCUT2D eigenvalue weighted by molar-refractivity contribution is -0.137. The van der Waals surface area contributed by atoms with Crippen LogP contribution in [0.3, 0.4) is 0 Å². The summed E-state index contributed by atoms with van der Waals surface area (Å²) in [5, 5.41) is 6.06. The first-order chi connectivity index (χ1) is 13.1. The van der Waals surface area contributed by atoms with Crippen molar-refractivity contribution in [1.82, 2.24) is 9.99 Å².